The Kier molecular flexibility index (Phi) is 5.41. The van der Waals surface area contributed by atoms with Gasteiger partial charge in [-0.1, -0.05) is 25.1 Å². The van der Waals surface area contributed by atoms with Crippen molar-refractivity contribution in [2.75, 3.05) is 0 Å². The molecule has 8 nitrogen and oxygen atoms in total. The number of thioether (sulfide) groups is 1. The average molecular weight is 385 g/mol. The summed E-state index contributed by atoms with van der Waals surface area (Å²) >= 11 is 0.895. The van der Waals surface area contributed by atoms with Crippen LogP contribution in [0.4, 0.5) is 0 Å². The molecule has 2 heterocycles. The van der Waals surface area contributed by atoms with Crippen LogP contribution < -0.4 is 0 Å². The minimum atomic E-state index is -1.15. The first kappa shape index (κ1) is 18.5. The molecule has 2 aromatic heterocycles. The molecule has 0 radical (unpaired) electrons. The highest BCUT2D eigenvalue weighted by atomic mass is 32.2. The van der Waals surface area contributed by atoms with Gasteiger partial charge in [0, 0.05) is 18.1 Å². The maximum atomic E-state index is 11.5. The number of aromatic nitrogens is 3. The molecule has 0 unspecified atom stereocenters. The van der Waals surface area contributed by atoms with Gasteiger partial charge >= 0.3 is 11.9 Å². The zero-order chi connectivity index (χ0) is 19.4. The van der Waals surface area contributed by atoms with Crippen molar-refractivity contribution in [2.24, 2.45) is 0 Å². The maximum Gasteiger partial charge on any atom is 0.342 e. The molecule has 0 spiro atoms. The molecule has 9 heteroatoms. The number of carbonyl (C=O) groups is 2. The SMILES string of the molecule is CCc1nc(S/C(=C/c2ccc(-c3ccccc3C(=O)O)o2)C(=O)O)n[nH]1. The number of benzene rings is 1. The number of aliphatic carboxylic acids is 1. The Morgan fingerprint density at radius 1 is 1.22 bits per heavy atom. The van der Waals surface area contributed by atoms with Crippen LogP contribution in [-0.4, -0.2) is 37.3 Å². The van der Waals surface area contributed by atoms with Gasteiger partial charge in [0.15, 0.2) is 0 Å². The van der Waals surface area contributed by atoms with E-state index >= 15 is 0 Å². The number of nitrogens with zero attached hydrogens (tertiary/aromatic N) is 2. The van der Waals surface area contributed by atoms with E-state index in [9.17, 15) is 19.8 Å². The van der Waals surface area contributed by atoms with Crippen molar-refractivity contribution in [3.05, 3.63) is 58.5 Å². The largest absolute Gasteiger partial charge is 0.478 e. The molecule has 0 amide bonds. The average Bonchev–Trinajstić information content (AvgIpc) is 3.30. The number of furan rings is 1. The van der Waals surface area contributed by atoms with Crippen molar-refractivity contribution in [2.45, 2.75) is 18.5 Å². The monoisotopic (exact) mass is 385 g/mol. The number of rotatable bonds is 7. The second-order valence-corrected chi connectivity index (χ2v) is 6.40. The van der Waals surface area contributed by atoms with E-state index in [0.717, 1.165) is 11.8 Å². The Morgan fingerprint density at radius 3 is 2.67 bits per heavy atom. The highest BCUT2D eigenvalue weighted by molar-refractivity contribution is 8.04. The van der Waals surface area contributed by atoms with Gasteiger partial charge in [0.05, 0.1) is 5.56 Å². The van der Waals surface area contributed by atoms with E-state index in [1.165, 1.54) is 12.1 Å². The predicted octanol–water partition coefficient (Wildman–Crippen LogP) is 3.54. The van der Waals surface area contributed by atoms with E-state index < -0.39 is 11.9 Å². The predicted molar refractivity (Wildman–Crippen MR) is 98.3 cm³/mol. The molecule has 0 fully saturated rings. The fourth-order valence-electron chi connectivity index (χ4n) is 2.30. The van der Waals surface area contributed by atoms with Crippen molar-refractivity contribution < 1.29 is 24.2 Å². The highest BCUT2D eigenvalue weighted by Crippen LogP contribution is 2.30. The molecular weight excluding hydrogens is 370 g/mol. The van der Waals surface area contributed by atoms with E-state index in [1.807, 2.05) is 6.92 Å². The highest BCUT2D eigenvalue weighted by Gasteiger charge is 2.16. The topological polar surface area (TPSA) is 129 Å². The molecule has 3 aromatic rings. The second kappa shape index (κ2) is 7.92. The molecule has 0 saturated carbocycles. The van der Waals surface area contributed by atoms with Crippen LogP contribution in [0, 0.1) is 0 Å². The third-order valence-corrected chi connectivity index (χ3v) is 4.46. The number of aryl methyl sites for hydroxylation is 1. The first-order valence-electron chi connectivity index (χ1n) is 7.94. The standard InChI is InChI=1S/C18H15N3O5S/c1-2-15-19-18(21-20-15)27-14(17(24)25)9-10-7-8-13(26-10)11-5-3-4-6-12(11)16(22)23/h3-9H,2H2,1H3,(H,22,23)(H,24,25)(H,19,20,21)/b14-9+. The number of nitrogens with one attached hydrogen (secondary N) is 1. The number of hydrogen-bond donors (Lipinski definition) is 3. The van der Waals surface area contributed by atoms with Gasteiger partial charge in [-0.3, -0.25) is 5.10 Å². The molecule has 3 rings (SSSR count). The van der Waals surface area contributed by atoms with Crippen LogP contribution in [0.1, 0.15) is 28.9 Å². The van der Waals surface area contributed by atoms with Gasteiger partial charge in [0.2, 0.25) is 5.16 Å². The van der Waals surface area contributed by atoms with Gasteiger partial charge < -0.3 is 14.6 Å². The summed E-state index contributed by atoms with van der Waals surface area (Å²) in [5.74, 6) is -0.946. The van der Waals surface area contributed by atoms with Crippen molar-refractivity contribution in [1.29, 1.82) is 0 Å². The zero-order valence-corrected chi connectivity index (χ0v) is 15.0. The van der Waals surface area contributed by atoms with Crippen LogP contribution in [0.5, 0.6) is 0 Å². The summed E-state index contributed by atoms with van der Waals surface area (Å²) < 4.78 is 5.64. The number of carboxylic acids is 2. The Hall–Kier alpha value is -3.33. The van der Waals surface area contributed by atoms with E-state index in [-0.39, 0.29) is 16.2 Å². The summed E-state index contributed by atoms with van der Waals surface area (Å²) in [4.78, 5) is 27.0. The van der Waals surface area contributed by atoms with Crippen LogP contribution in [-0.2, 0) is 11.2 Å². The Morgan fingerprint density at radius 2 is 2.00 bits per heavy atom. The molecule has 1 aromatic carbocycles. The van der Waals surface area contributed by atoms with Crippen LogP contribution in [0.2, 0.25) is 0 Å². The van der Waals surface area contributed by atoms with Gasteiger partial charge in [-0.15, -0.1) is 5.10 Å². The van der Waals surface area contributed by atoms with Crippen LogP contribution in [0.3, 0.4) is 0 Å². The Bertz CT molecular complexity index is 1020. The molecule has 0 bridgehead atoms. The summed E-state index contributed by atoms with van der Waals surface area (Å²) in [6.07, 6.45) is 2.01. The van der Waals surface area contributed by atoms with Crippen LogP contribution in [0.15, 0.2) is 50.9 Å². The summed E-state index contributed by atoms with van der Waals surface area (Å²) in [6.45, 7) is 1.91. The second-order valence-electron chi connectivity index (χ2n) is 5.39. The first-order chi connectivity index (χ1) is 13.0. The molecule has 0 atom stereocenters. The van der Waals surface area contributed by atoms with Crippen molar-refractivity contribution in [3.63, 3.8) is 0 Å². The summed E-state index contributed by atoms with van der Waals surface area (Å²) in [6, 6.07) is 9.60. The van der Waals surface area contributed by atoms with Gasteiger partial charge in [-0.2, -0.15) is 0 Å². The fraction of sp³-hybridized carbons (Fsp3) is 0.111. The van der Waals surface area contributed by atoms with Crippen molar-refractivity contribution in [1.82, 2.24) is 15.2 Å². The van der Waals surface area contributed by atoms with Crippen LogP contribution >= 0.6 is 11.8 Å². The minimum absolute atomic E-state index is 0.0240. The fourth-order valence-corrected chi connectivity index (χ4v) is 3.01. The summed E-state index contributed by atoms with van der Waals surface area (Å²) in [5, 5.41) is 25.7. The smallest absolute Gasteiger partial charge is 0.342 e. The molecule has 27 heavy (non-hydrogen) atoms. The molecule has 0 aliphatic heterocycles. The Labute approximate surface area is 157 Å². The normalized spacial score (nSPS) is 11.5. The van der Waals surface area contributed by atoms with E-state index in [1.54, 1.807) is 30.3 Å². The molecule has 0 saturated heterocycles. The number of aromatic carboxylic acids is 1. The third-order valence-electron chi connectivity index (χ3n) is 3.58. The quantitative estimate of drug-likeness (QED) is 0.416. The lowest BCUT2D eigenvalue weighted by Gasteiger charge is -2.02. The molecule has 0 aliphatic carbocycles. The molecule has 0 aliphatic rings. The van der Waals surface area contributed by atoms with E-state index in [4.69, 9.17) is 4.42 Å². The first-order valence-corrected chi connectivity index (χ1v) is 8.76. The van der Waals surface area contributed by atoms with Crippen molar-refractivity contribution in [3.8, 4) is 11.3 Å². The lowest BCUT2D eigenvalue weighted by Crippen LogP contribution is -1.98. The van der Waals surface area contributed by atoms with Gasteiger partial charge in [0.25, 0.3) is 0 Å². The molecular formula is C18H15N3O5S. The molecule has 3 N–H and O–H groups in total. The van der Waals surface area contributed by atoms with Crippen molar-refractivity contribution >= 4 is 29.8 Å². The van der Waals surface area contributed by atoms with E-state index in [0.29, 0.717) is 28.7 Å². The number of H-pyrrole nitrogens is 1. The lowest BCUT2D eigenvalue weighted by atomic mass is 10.1. The van der Waals surface area contributed by atoms with Gasteiger partial charge in [-0.25, -0.2) is 14.6 Å². The number of aromatic amines is 1. The Balaban J connectivity index is 1.90. The van der Waals surface area contributed by atoms with E-state index in [2.05, 4.69) is 15.2 Å². The number of carboxylic acid groups (broad SMARTS) is 2. The zero-order valence-electron chi connectivity index (χ0n) is 14.2. The minimum Gasteiger partial charge on any atom is -0.478 e. The van der Waals surface area contributed by atoms with Gasteiger partial charge in [-0.05, 0) is 30.0 Å². The summed E-state index contributed by atoms with van der Waals surface area (Å²) in [7, 11) is 0. The van der Waals surface area contributed by atoms with Crippen LogP contribution in [0.25, 0.3) is 17.4 Å². The van der Waals surface area contributed by atoms with Gasteiger partial charge in [0.1, 0.15) is 22.3 Å². The summed E-state index contributed by atoms with van der Waals surface area (Å²) in [5.41, 5.74) is 0.513. The lowest BCUT2D eigenvalue weighted by molar-refractivity contribution is -0.131. The molecule has 138 valence electrons. The maximum absolute atomic E-state index is 11.5. The third kappa shape index (κ3) is 4.26. The number of hydrogen-bond acceptors (Lipinski definition) is 6.